The molecule has 0 rings (SSSR count). The number of hydrogen-bond donors (Lipinski definition) is 0. The van der Waals surface area contributed by atoms with Crippen LogP contribution in [0.15, 0.2) is 24.8 Å². The minimum absolute atomic E-state index is 0.975. The Balaban J connectivity index is 2.96. The molecular formula is C9H13O. The van der Waals surface area contributed by atoms with Crippen LogP contribution in [0, 0.1) is 0 Å². The lowest BCUT2D eigenvalue weighted by atomic mass is 10.2. The summed E-state index contributed by atoms with van der Waals surface area (Å²) in [6.07, 6.45) is 11.2. The Morgan fingerprint density at radius 3 is 2.60 bits per heavy atom. The van der Waals surface area contributed by atoms with Crippen LogP contribution in [0.2, 0.25) is 0 Å². The van der Waals surface area contributed by atoms with Crippen LogP contribution >= 0.6 is 0 Å². The number of hydrogen-bond acceptors (Lipinski definition) is 1. The topological polar surface area (TPSA) is 17.1 Å². The molecule has 1 nitrogen and oxygen atoms in total. The summed E-state index contributed by atoms with van der Waals surface area (Å²) in [5.74, 6) is 0. The molecule has 0 fully saturated rings. The molecule has 0 spiro atoms. The van der Waals surface area contributed by atoms with Crippen molar-refractivity contribution in [3.8, 4) is 0 Å². The number of carbonyl (C=O) groups excluding carboxylic acids is 1. The van der Waals surface area contributed by atoms with Crippen LogP contribution in [-0.4, -0.2) is 6.29 Å². The molecule has 0 aliphatic carbocycles. The first-order valence-electron chi connectivity index (χ1n) is 3.55. The van der Waals surface area contributed by atoms with Gasteiger partial charge in [-0.15, -0.1) is 6.58 Å². The van der Waals surface area contributed by atoms with Gasteiger partial charge in [0, 0.05) is 0 Å². The van der Waals surface area contributed by atoms with E-state index in [0.29, 0.717) is 0 Å². The van der Waals surface area contributed by atoms with Gasteiger partial charge in [0.2, 0.25) is 6.29 Å². The van der Waals surface area contributed by atoms with Crippen molar-refractivity contribution in [2.45, 2.75) is 25.7 Å². The lowest BCUT2D eigenvalue weighted by Crippen LogP contribution is -1.71. The number of allylic oxidation sites excluding steroid dienone is 3. The summed E-state index contributed by atoms with van der Waals surface area (Å²) < 4.78 is 0. The predicted octanol–water partition coefficient (Wildman–Crippen LogP) is 2.40. The fraction of sp³-hybridized carbons (Fsp3) is 0.444. The quantitative estimate of drug-likeness (QED) is 0.312. The van der Waals surface area contributed by atoms with Gasteiger partial charge in [-0.25, -0.2) is 0 Å². The third-order valence-electron chi connectivity index (χ3n) is 1.21. The minimum atomic E-state index is 0.975. The zero-order chi connectivity index (χ0) is 7.66. The molecule has 1 heteroatoms. The monoisotopic (exact) mass is 137 g/mol. The lowest BCUT2D eigenvalue weighted by molar-refractivity contribution is 0.564. The maximum atomic E-state index is 9.67. The molecule has 0 heterocycles. The fourth-order valence-electron chi connectivity index (χ4n) is 0.682. The second-order valence-corrected chi connectivity index (χ2v) is 2.09. The molecule has 10 heavy (non-hydrogen) atoms. The van der Waals surface area contributed by atoms with E-state index in [0.717, 1.165) is 25.7 Å². The Morgan fingerprint density at radius 1 is 1.30 bits per heavy atom. The first kappa shape index (κ1) is 9.15. The first-order chi connectivity index (χ1) is 4.91. The van der Waals surface area contributed by atoms with Gasteiger partial charge in [0.15, 0.2) is 0 Å². The van der Waals surface area contributed by atoms with Crippen LogP contribution in [-0.2, 0) is 4.79 Å². The van der Waals surface area contributed by atoms with E-state index in [9.17, 15) is 4.79 Å². The average molecular weight is 137 g/mol. The van der Waals surface area contributed by atoms with E-state index in [1.165, 1.54) is 6.08 Å². The Labute approximate surface area is 62.4 Å². The molecule has 0 aromatic heterocycles. The van der Waals surface area contributed by atoms with Gasteiger partial charge in [0.05, 0.1) is 0 Å². The van der Waals surface area contributed by atoms with E-state index in [1.807, 2.05) is 12.2 Å². The fourth-order valence-corrected chi connectivity index (χ4v) is 0.682. The summed E-state index contributed by atoms with van der Waals surface area (Å²) in [5, 5.41) is 0. The van der Waals surface area contributed by atoms with Crippen molar-refractivity contribution in [1.29, 1.82) is 0 Å². The van der Waals surface area contributed by atoms with Gasteiger partial charge in [0.1, 0.15) is 0 Å². The van der Waals surface area contributed by atoms with E-state index in [4.69, 9.17) is 0 Å². The maximum Gasteiger partial charge on any atom is 0.225 e. The van der Waals surface area contributed by atoms with Crippen molar-refractivity contribution in [1.82, 2.24) is 0 Å². The molecule has 0 aromatic rings. The van der Waals surface area contributed by atoms with Crippen molar-refractivity contribution in [3.05, 3.63) is 24.8 Å². The normalized spacial score (nSPS) is 10.0. The van der Waals surface area contributed by atoms with E-state index < -0.39 is 0 Å². The second-order valence-electron chi connectivity index (χ2n) is 2.09. The predicted molar refractivity (Wildman–Crippen MR) is 43.5 cm³/mol. The zero-order valence-corrected chi connectivity index (χ0v) is 6.18. The molecule has 0 aromatic carbocycles. The molecule has 1 radical (unpaired) electrons. The van der Waals surface area contributed by atoms with Crippen molar-refractivity contribution in [3.63, 3.8) is 0 Å². The van der Waals surface area contributed by atoms with Crippen LogP contribution in [0.5, 0.6) is 0 Å². The zero-order valence-electron chi connectivity index (χ0n) is 6.18. The first-order valence-corrected chi connectivity index (χ1v) is 3.55. The van der Waals surface area contributed by atoms with Gasteiger partial charge in [-0.3, -0.25) is 4.79 Å². The highest BCUT2D eigenvalue weighted by atomic mass is 16.1. The summed E-state index contributed by atoms with van der Waals surface area (Å²) in [5.41, 5.74) is 0. The molecule has 0 amide bonds. The highest BCUT2D eigenvalue weighted by molar-refractivity contribution is 5.65. The van der Waals surface area contributed by atoms with Gasteiger partial charge in [-0.05, 0) is 31.8 Å². The van der Waals surface area contributed by atoms with Crippen molar-refractivity contribution in [2.24, 2.45) is 0 Å². The average Bonchev–Trinajstić information content (AvgIpc) is 1.97. The third kappa shape index (κ3) is 7.15. The summed E-state index contributed by atoms with van der Waals surface area (Å²) >= 11 is 0. The number of unbranched alkanes of at least 4 members (excludes halogenated alkanes) is 3. The highest BCUT2D eigenvalue weighted by Crippen LogP contribution is 1.99. The van der Waals surface area contributed by atoms with E-state index >= 15 is 0 Å². The summed E-state index contributed by atoms with van der Waals surface area (Å²) in [6, 6.07) is 0. The molecular weight excluding hydrogens is 124 g/mol. The van der Waals surface area contributed by atoms with E-state index in [-0.39, 0.29) is 0 Å². The summed E-state index contributed by atoms with van der Waals surface area (Å²) in [6.45, 7) is 3.61. The smallest absolute Gasteiger partial charge is 0.225 e. The van der Waals surface area contributed by atoms with Crippen molar-refractivity contribution in [2.75, 3.05) is 0 Å². The Hall–Kier alpha value is -0.850. The second kappa shape index (κ2) is 8.15. The Kier molecular flexibility index (Phi) is 7.46. The van der Waals surface area contributed by atoms with Gasteiger partial charge in [-0.2, -0.15) is 0 Å². The largest absolute Gasteiger partial charge is 0.286 e. The summed E-state index contributed by atoms with van der Waals surface area (Å²) in [4.78, 5) is 9.67. The highest BCUT2D eigenvalue weighted by Gasteiger charge is 1.81. The molecule has 0 atom stereocenters. The molecule has 0 bridgehead atoms. The molecule has 0 aliphatic heterocycles. The van der Waals surface area contributed by atoms with Crippen molar-refractivity contribution < 1.29 is 4.79 Å². The SMILES string of the molecule is C=CCCCCC=C[C]=O. The van der Waals surface area contributed by atoms with Gasteiger partial charge < -0.3 is 0 Å². The van der Waals surface area contributed by atoms with Crippen LogP contribution in [0.1, 0.15) is 25.7 Å². The molecule has 0 aliphatic rings. The van der Waals surface area contributed by atoms with Crippen molar-refractivity contribution >= 4 is 6.29 Å². The van der Waals surface area contributed by atoms with E-state index in [1.54, 1.807) is 6.29 Å². The molecule has 0 unspecified atom stereocenters. The maximum absolute atomic E-state index is 9.67. The lowest BCUT2D eigenvalue weighted by Gasteiger charge is -1.89. The van der Waals surface area contributed by atoms with Crippen LogP contribution < -0.4 is 0 Å². The van der Waals surface area contributed by atoms with Crippen LogP contribution in [0.25, 0.3) is 0 Å². The molecule has 55 valence electrons. The van der Waals surface area contributed by atoms with Gasteiger partial charge >= 0.3 is 0 Å². The molecule has 0 saturated heterocycles. The van der Waals surface area contributed by atoms with E-state index in [2.05, 4.69) is 6.58 Å². The van der Waals surface area contributed by atoms with Gasteiger partial charge in [0.25, 0.3) is 0 Å². The Bertz CT molecular complexity index is 114. The molecule has 0 N–H and O–H groups in total. The summed E-state index contributed by atoms with van der Waals surface area (Å²) in [7, 11) is 0. The van der Waals surface area contributed by atoms with Crippen LogP contribution in [0.3, 0.4) is 0 Å². The standard InChI is InChI=1S/C9H13O/c1-2-3-4-5-6-7-8-9-10/h2,7-8H,1,3-6H2. The third-order valence-corrected chi connectivity index (χ3v) is 1.21. The molecule has 0 saturated carbocycles. The minimum Gasteiger partial charge on any atom is -0.286 e. The van der Waals surface area contributed by atoms with Crippen LogP contribution in [0.4, 0.5) is 0 Å². The van der Waals surface area contributed by atoms with Gasteiger partial charge in [-0.1, -0.05) is 12.2 Å². The Morgan fingerprint density at radius 2 is 2.00 bits per heavy atom. The number of rotatable bonds is 6.